The average molecular weight is 142 g/mol. The molecule has 0 amide bonds. The van der Waals surface area contributed by atoms with E-state index in [9.17, 15) is 0 Å². The van der Waals surface area contributed by atoms with Crippen LogP contribution in [0, 0.1) is 5.39 Å². The molecule has 0 aromatic heterocycles. The Morgan fingerprint density at radius 2 is 1.67 bits per heavy atom. The highest BCUT2D eigenvalue weighted by atomic mass is 35.5. The van der Waals surface area contributed by atoms with E-state index < -0.39 is 0 Å². The molecule has 0 saturated carbocycles. The normalized spacial score (nSPS) is 7.00. The predicted molar refractivity (Wildman–Crippen MR) is 31.2 cm³/mol. The van der Waals surface area contributed by atoms with Gasteiger partial charge in [-0.15, -0.1) is 0 Å². The van der Waals surface area contributed by atoms with Crippen LogP contribution in [0.2, 0.25) is 0 Å². The molecule has 46 valence electrons. The Hall–Kier alpha value is -1.07. The van der Waals surface area contributed by atoms with Crippen molar-refractivity contribution in [3.63, 3.8) is 0 Å². The van der Waals surface area contributed by atoms with Crippen LogP contribution in [0.25, 0.3) is 4.98 Å². The third-order valence-corrected chi connectivity index (χ3v) is 0.872. The predicted octanol–water partition coefficient (Wildman–Crippen LogP) is -0.825. The van der Waals surface area contributed by atoms with Crippen molar-refractivity contribution in [2.24, 2.45) is 0 Å². The molecular weight excluding hydrogens is 137 g/mol. The highest BCUT2D eigenvalue weighted by Gasteiger charge is 1.95. The number of hydrogen-bond donors (Lipinski definition) is 0. The molecule has 0 aliphatic carbocycles. The molecule has 1 aromatic carbocycles. The first kappa shape index (κ1) is 7.93. The van der Waals surface area contributed by atoms with Gasteiger partial charge in [0.15, 0.2) is 4.98 Å². The smallest absolute Gasteiger partial charge is 0.385 e. The summed E-state index contributed by atoms with van der Waals surface area (Å²) in [6.45, 7) is 0. The van der Waals surface area contributed by atoms with Crippen molar-refractivity contribution in [2.45, 2.75) is 0 Å². The topological polar surface area (TPSA) is 28.1 Å². The second-order valence-electron chi connectivity index (χ2n) is 1.44. The van der Waals surface area contributed by atoms with Crippen LogP contribution in [0.4, 0.5) is 5.69 Å². The monoisotopic (exact) mass is 141 g/mol. The Labute approximate surface area is 59.5 Å². The molecule has 0 radical (unpaired) electrons. The van der Waals surface area contributed by atoms with Crippen LogP contribution in [0.5, 0.6) is 0 Å². The molecule has 0 spiro atoms. The Bertz CT molecular complexity index is 202. The lowest BCUT2D eigenvalue weighted by atomic mass is 10.4. The summed E-state index contributed by atoms with van der Waals surface area (Å²) >= 11 is 0. The summed E-state index contributed by atoms with van der Waals surface area (Å²) in [6, 6.07) is 8.94. The molecule has 3 heteroatoms. The van der Waals surface area contributed by atoms with Crippen LogP contribution in [0.15, 0.2) is 30.3 Å². The molecule has 1 aromatic rings. The minimum Gasteiger partial charge on any atom is -1.00 e. The molecule has 0 fully saturated rings. The lowest BCUT2D eigenvalue weighted by Crippen LogP contribution is -3.00. The van der Waals surface area contributed by atoms with Crippen LogP contribution < -0.4 is 12.4 Å². The number of diazo groups is 1. The Morgan fingerprint density at radius 1 is 1.11 bits per heavy atom. The van der Waals surface area contributed by atoms with E-state index in [1.807, 2.05) is 18.2 Å². The van der Waals surface area contributed by atoms with Gasteiger partial charge in [0.05, 0.1) is 0 Å². The summed E-state index contributed by atoms with van der Waals surface area (Å²) in [5.74, 6) is 0. The maximum Gasteiger partial charge on any atom is 0.385 e. The zero-order valence-corrected chi connectivity index (χ0v) is 5.42. The van der Waals surface area contributed by atoms with Crippen LogP contribution in [0.1, 0.15) is 0 Å². The molecule has 0 saturated heterocycles. The van der Waals surface area contributed by atoms with Crippen molar-refractivity contribution < 1.29 is 12.4 Å². The zero-order valence-electron chi connectivity index (χ0n) is 4.66. The minimum absolute atomic E-state index is 0. The van der Waals surface area contributed by atoms with E-state index in [1.165, 1.54) is 0 Å². The molecule has 0 aliphatic heterocycles. The summed E-state index contributed by atoms with van der Waals surface area (Å²) in [5.41, 5.74) is 0.590. The maximum absolute atomic E-state index is 8.16. The molecule has 0 atom stereocenters. The molecule has 0 N–H and O–H groups in total. The summed E-state index contributed by atoms with van der Waals surface area (Å²) in [5, 5.41) is 8.16. The first-order valence-corrected chi connectivity index (χ1v) is 2.33. The zero-order chi connectivity index (χ0) is 5.82. The second kappa shape index (κ2) is 3.88. The Kier molecular flexibility index (Phi) is 3.41. The summed E-state index contributed by atoms with van der Waals surface area (Å²) < 4.78 is 0. The molecule has 1 rings (SSSR count). The van der Waals surface area contributed by atoms with Crippen LogP contribution in [0.3, 0.4) is 0 Å². The quantitative estimate of drug-likeness (QED) is 0.434. The van der Waals surface area contributed by atoms with Crippen LogP contribution in [-0.4, -0.2) is 0 Å². The van der Waals surface area contributed by atoms with Crippen LogP contribution >= 0.6 is 0 Å². The van der Waals surface area contributed by atoms with Gasteiger partial charge in [0.25, 0.3) is 0 Å². The Balaban J connectivity index is 0.000000640. The van der Waals surface area contributed by atoms with Crippen molar-refractivity contribution in [3.8, 4) is 0 Å². The lowest BCUT2D eigenvalue weighted by molar-refractivity contribution is -0.00000185. The van der Waals surface area contributed by atoms with Gasteiger partial charge in [0, 0.05) is 12.1 Å². The number of hydrogen-bond acceptors (Lipinski definition) is 1. The maximum atomic E-state index is 8.16. The first-order valence-electron chi connectivity index (χ1n) is 2.33. The van der Waals surface area contributed by atoms with Crippen molar-refractivity contribution in [3.05, 3.63) is 35.3 Å². The van der Waals surface area contributed by atoms with E-state index in [0.717, 1.165) is 0 Å². The molecule has 0 aliphatic rings. The van der Waals surface area contributed by atoms with Gasteiger partial charge in [0.2, 0.25) is 5.39 Å². The van der Waals surface area contributed by atoms with E-state index in [1.54, 1.807) is 12.1 Å². The second-order valence-corrected chi connectivity index (χ2v) is 1.44. The van der Waals surface area contributed by atoms with Gasteiger partial charge in [-0.05, 0) is 0 Å². The summed E-state index contributed by atoms with van der Waals surface area (Å²) in [7, 11) is 0. The summed E-state index contributed by atoms with van der Waals surface area (Å²) in [4.78, 5) is 2.97. The minimum atomic E-state index is 0. The third kappa shape index (κ3) is 2.11. The largest absolute Gasteiger partial charge is 1.00 e. The van der Waals surface area contributed by atoms with E-state index in [4.69, 9.17) is 5.39 Å². The number of halogens is 1. The van der Waals surface area contributed by atoms with Gasteiger partial charge in [-0.1, -0.05) is 18.2 Å². The highest BCUT2D eigenvalue weighted by molar-refractivity contribution is 5.42. The first-order chi connectivity index (χ1) is 3.93. The van der Waals surface area contributed by atoms with Gasteiger partial charge in [-0.2, -0.15) is 0 Å². The van der Waals surface area contributed by atoms with Crippen molar-refractivity contribution in [1.29, 1.82) is 5.39 Å². The highest BCUT2D eigenvalue weighted by Crippen LogP contribution is 2.07. The molecule has 0 heterocycles. The van der Waals surface area contributed by atoms with E-state index >= 15 is 0 Å². The van der Waals surface area contributed by atoms with E-state index in [0.29, 0.717) is 5.69 Å². The fourth-order valence-corrected chi connectivity index (χ4v) is 0.495. The fourth-order valence-electron chi connectivity index (χ4n) is 0.495. The van der Waals surface area contributed by atoms with Crippen molar-refractivity contribution >= 4 is 5.69 Å². The van der Waals surface area contributed by atoms with Gasteiger partial charge in [-0.25, -0.2) is 0 Å². The van der Waals surface area contributed by atoms with Gasteiger partial charge in [0.1, 0.15) is 0 Å². The standard InChI is InChI=1S/C6H5N2.ClH/c7-8-6-4-2-1-3-5-6;/h1-5H;1H/q+1;/p-1/i1+1;. The molecule has 0 bridgehead atoms. The van der Waals surface area contributed by atoms with E-state index in [2.05, 4.69) is 4.98 Å². The number of rotatable bonds is 0. The fraction of sp³-hybridized carbons (Fsp3) is 0. The third-order valence-electron chi connectivity index (χ3n) is 0.872. The van der Waals surface area contributed by atoms with Gasteiger partial charge in [-0.3, -0.25) is 0 Å². The van der Waals surface area contributed by atoms with Gasteiger partial charge < -0.3 is 12.4 Å². The SMILES string of the molecule is N#[N+]c1cc[13cH]cc1.[Cl-]. The lowest BCUT2D eigenvalue weighted by Gasteiger charge is -1.69. The van der Waals surface area contributed by atoms with E-state index in [-0.39, 0.29) is 12.4 Å². The number of benzene rings is 1. The van der Waals surface area contributed by atoms with Crippen molar-refractivity contribution in [2.75, 3.05) is 0 Å². The molecular formula is C6H5ClN2. The number of nitrogens with zero attached hydrogens (tertiary/aromatic N) is 2. The van der Waals surface area contributed by atoms with Gasteiger partial charge >= 0.3 is 5.69 Å². The van der Waals surface area contributed by atoms with Crippen molar-refractivity contribution in [1.82, 2.24) is 0 Å². The van der Waals surface area contributed by atoms with Crippen LogP contribution in [-0.2, 0) is 0 Å². The molecule has 0 unspecified atom stereocenters. The average Bonchev–Trinajstić information content (AvgIpc) is 1.90. The molecule has 9 heavy (non-hydrogen) atoms. The molecule has 2 nitrogen and oxygen atoms in total. The Morgan fingerprint density at radius 3 is 2.00 bits per heavy atom. The summed E-state index contributed by atoms with van der Waals surface area (Å²) in [6.07, 6.45) is 0.